The van der Waals surface area contributed by atoms with E-state index < -0.39 is 31.6 Å². The molecule has 0 rings (SSSR count). The van der Waals surface area contributed by atoms with Crippen LogP contribution in [0.1, 0.15) is 33.6 Å². The molecule has 0 amide bonds. The molecular weight excluding hydrogens is 414 g/mol. The van der Waals surface area contributed by atoms with Gasteiger partial charge >= 0.3 is 110 Å². The molecule has 0 spiro atoms. The average molecular weight is 432 g/mol. The summed E-state index contributed by atoms with van der Waals surface area (Å²) in [5.74, 6) is -0.840. The molecule has 0 saturated heterocycles. The van der Waals surface area contributed by atoms with Gasteiger partial charge in [-0.05, 0) is 0 Å². The van der Waals surface area contributed by atoms with Crippen molar-refractivity contribution in [1.29, 1.82) is 0 Å². The van der Waals surface area contributed by atoms with E-state index in [0.717, 1.165) is 12.8 Å². The molecule has 88 valence electrons. The van der Waals surface area contributed by atoms with Gasteiger partial charge in [0.05, 0.1) is 0 Å². The zero-order valence-electron chi connectivity index (χ0n) is 9.66. The van der Waals surface area contributed by atoms with Gasteiger partial charge in [-0.3, -0.25) is 0 Å². The Hall–Kier alpha value is 0.497. The molecule has 0 atom stereocenters. The molecule has 0 aliphatic carbocycles. The summed E-state index contributed by atoms with van der Waals surface area (Å²) in [6, 6.07) is 0. The molecule has 0 heterocycles. The first-order valence-corrected chi connectivity index (χ1v) is 12.7. The fourth-order valence-electron chi connectivity index (χ4n) is 1.14. The SMILES string of the molecule is CCC[CH2][Sn]([O][SnH3])([O]C(C)=O)[O]C(C)=O. The van der Waals surface area contributed by atoms with Crippen molar-refractivity contribution in [2.24, 2.45) is 0 Å². The Balaban J connectivity index is 4.58. The Bertz CT molecular complexity index is 215. The third kappa shape index (κ3) is 6.62. The molecule has 0 fully saturated rings. The van der Waals surface area contributed by atoms with Crippen LogP contribution in [0.25, 0.3) is 0 Å². The predicted molar refractivity (Wildman–Crippen MR) is 60.0 cm³/mol. The van der Waals surface area contributed by atoms with E-state index in [9.17, 15) is 9.59 Å². The van der Waals surface area contributed by atoms with E-state index in [-0.39, 0.29) is 22.9 Å². The zero-order chi connectivity index (χ0) is 11.9. The third-order valence-corrected chi connectivity index (χ3v) is 21.6. The van der Waals surface area contributed by atoms with Crippen LogP contribution in [0.2, 0.25) is 4.44 Å². The quantitative estimate of drug-likeness (QED) is 0.560. The second-order valence-corrected chi connectivity index (χ2v) is 18.7. The fraction of sp³-hybridized carbons (Fsp3) is 0.750. The molecule has 0 radical (unpaired) electrons. The van der Waals surface area contributed by atoms with E-state index in [0.29, 0.717) is 4.44 Å². The molecule has 0 aromatic heterocycles. The maximum atomic E-state index is 10.9. The Kier molecular flexibility index (Phi) is 7.98. The molecule has 0 unspecified atom stereocenters. The van der Waals surface area contributed by atoms with Crippen LogP contribution in [0.4, 0.5) is 0 Å². The summed E-state index contributed by atoms with van der Waals surface area (Å²) in [7, 11) is 0. The number of hydrogen-bond acceptors (Lipinski definition) is 5. The van der Waals surface area contributed by atoms with Gasteiger partial charge in [0.15, 0.2) is 0 Å². The summed E-state index contributed by atoms with van der Waals surface area (Å²) in [4.78, 5) is 21.9. The molecule has 0 aromatic rings. The van der Waals surface area contributed by atoms with Crippen LogP contribution in [0.3, 0.4) is 0 Å². The van der Waals surface area contributed by atoms with Crippen molar-refractivity contribution in [3.05, 3.63) is 0 Å². The van der Waals surface area contributed by atoms with Crippen molar-refractivity contribution in [2.75, 3.05) is 0 Å². The van der Waals surface area contributed by atoms with E-state index in [1.165, 1.54) is 13.8 Å². The van der Waals surface area contributed by atoms with Crippen LogP contribution >= 0.6 is 0 Å². The van der Waals surface area contributed by atoms with Crippen molar-refractivity contribution in [3.8, 4) is 0 Å². The third-order valence-electron chi connectivity index (χ3n) is 1.75. The number of carbonyl (C=O) groups is 2. The minimum atomic E-state index is -3.82. The van der Waals surface area contributed by atoms with Crippen LogP contribution in [0.5, 0.6) is 0 Å². The molecule has 0 aromatic carbocycles. The molecule has 7 heteroatoms. The second-order valence-electron chi connectivity index (χ2n) is 3.18. The molecule has 0 N–H and O–H groups in total. The van der Waals surface area contributed by atoms with Crippen molar-refractivity contribution < 1.29 is 17.1 Å². The summed E-state index contributed by atoms with van der Waals surface area (Å²) >= 11 is -3.93. The van der Waals surface area contributed by atoms with E-state index in [1.54, 1.807) is 0 Å². The molecule has 5 nitrogen and oxygen atoms in total. The summed E-state index contributed by atoms with van der Waals surface area (Å²) in [5.41, 5.74) is 0. The van der Waals surface area contributed by atoms with E-state index in [2.05, 4.69) is 0 Å². The van der Waals surface area contributed by atoms with Crippen LogP contribution in [0.15, 0.2) is 0 Å². The van der Waals surface area contributed by atoms with Gasteiger partial charge in [0, 0.05) is 0 Å². The van der Waals surface area contributed by atoms with Crippen molar-refractivity contribution in [3.63, 3.8) is 0 Å². The first-order valence-electron chi connectivity index (χ1n) is 4.90. The van der Waals surface area contributed by atoms with Crippen LogP contribution in [-0.2, 0) is 17.1 Å². The molecule has 0 aliphatic rings. The van der Waals surface area contributed by atoms with Crippen molar-refractivity contribution in [2.45, 2.75) is 38.0 Å². The topological polar surface area (TPSA) is 61.8 Å². The van der Waals surface area contributed by atoms with Gasteiger partial charge in [-0.15, -0.1) is 0 Å². The van der Waals surface area contributed by atoms with Gasteiger partial charge in [0.1, 0.15) is 0 Å². The fourth-order valence-corrected chi connectivity index (χ4v) is 14.7. The summed E-state index contributed by atoms with van der Waals surface area (Å²) in [6.07, 6.45) is 1.82. The second kappa shape index (κ2) is 7.72. The first-order chi connectivity index (χ1) is 6.95. The Morgan fingerprint density at radius 2 is 1.67 bits per heavy atom. The molecule has 0 saturated carbocycles. The molecule has 0 bridgehead atoms. The number of carbonyl (C=O) groups excluding carboxylic acids is 2. The Morgan fingerprint density at radius 1 is 1.20 bits per heavy atom. The molecular formula is C8H18O5Sn2. The predicted octanol–water partition coefficient (Wildman–Crippen LogP) is 0.149. The van der Waals surface area contributed by atoms with Gasteiger partial charge in [-0.2, -0.15) is 0 Å². The number of hydrogen-bond donors (Lipinski definition) is 0. The van der Waals surface area contributed by atoms with Gasteiger partial charge in [0.2, 0.25) is 0 Å². The van der Waals surface area contributed by atoms with E-state index in [1.807, 2.05) is 6.92 Å². The van der Waals surface area contributed by atoms with Gasteiger partial charge < -0.3 is 0 Å². The number of rotatable bonds is 6. The Labute approximate surface area is 109 Å². The van der Waals surface area contributed by atoms with E-state index >= 15 is 0 Å². The standard InChI is InChI=1S/C4H9.2C2H4O2.O.2Sn.3H/c1-3-4-2;2*1-2(3)4;;;;;;/h1,3-4H2,2H3;2*1H3,(H,3,4);;;;;;/q;;;;;+2;;;/p-2. The van der Waals surface area contributed by atoms with Crippen LogP contribution in [0, 0.1) is 0 Å². The normalized spacial score (nSPS) is 11.1. The van der Waals surface area contributed by atoms with Crippen LogP contribution < -0.4 is 0 Å². The first kappa shape index (κ1) is 15.5. The van der Waals surface area contributed by atoms with E-state index in [4.69, 9.17) is 7.56 Å². The maximum absolute atomic E-state index is 10.9. The number of unbranched alkanes of at least 4 members (excludes halogenated alkanes) is 1. The summed E-state index contributed by atoms with van der Waals surface area (Å²) in [6.45, 7) is 4.66. The van der Waals surface area contributed by atoms with Crippen LogP contribution in [-0.4, -0.2) is 54.5 Å². The molecule has 0 aliphatic heterocycles. The van der Waals surface area contributed by atoms with Gasteiger partial charge in [-0.25, -0.2) is 0 Å². The van der Waals surface area contributed by atoms with Gasteiger partial charge in [-0.1, -0.05) is 0 Å². The summed E-state index contributed by atoms with van der Waals surface area (Å²) in [5, 5.41) is 0. The zero-order valence-corrected chi connectivity index (χ0v) is 18.2. The minimum absolute atomic E-state index is 0.107. The van der Waals surface area contributed by atoms with Gasteiger partial charge in [0.25, 0.3) is 0 Å². The monoisotopic (exact) mass is 434 g/mol. The Morgan fingerprint density at radius 3 is 1.93 bits per heavy atom. The van der Waals surface area contributed by atoms with Crippen molar-refractivity contribution in [1.82, 2.24) is 0 Å². The average Bonchev–Trinajstić information content (AvgIpc) is 2.12. The van der Waals surface area contributed by atoms with Crippen molar-refractivity contribution >= 4 is 54.5 Å². The molecule has 15 heavy (non-hydrogen) atoms. The summed E-state index contributed by atoms with van der Waals surface area (Å²) < 4.78 is 16.3.